The molecule has 0 bridgehead atoms. The quantitative estimate of drug-likeness (QED) is 0.810. The average Bonchev–Trinajstić information content (AvgIpc) is 3.13. The molecule has 6 nitrogen and oxygen atoms in total. The van der Waals surface area contributed by atoms with E-state index in [1.807, 2.05) is 29.1 Å². The Kier molecular flexibility index (Phi) is 3.08. The van der Waals surface area contributed by atoms with E-state index in [1.54, 1.807) is 14.2 Å². The lowest BCUT2D eigenvalue weighted by Crippen LogP contribution is -2.06. The second-order valence-electron chi connectivity index (χ2n) is 4.50. The summed E-state index contributed by atoms with van der Waals surface area (Å²) in [6.07, 6.45) is 1.95. The first-order valence-corrected chi connectivity index (χ1v) is 6.16. The van der Waals surface area contributed by atoms with Crippen molar-refractivity contribution in [3.05, 3.63) is 24.4 Å². The number of nitrogens with zero attached hydrogens (tertiary/aromatic N) is 3. The Balaban J connectivity index is 1.85. The molecule has 0 aliphatic carbocycles. The van der Waals surface area contributed by atoms with Gasteiger partial charge in [0.05, 0.1) is 27.0 Å². The van der Waals surface area contributed by atoms with E-state index in [-0.39, 0.29) is 0 Å². The van der Waals surface area contributed by atoms with Crippen molar-refractivity contribution in [1.82, 2.24) is 20.3 Å². The third-order valence-electron chi connectivity index (χ3n) is 3.12. The van der Waals surface area contributed by atoms with E-state index in [2.05, 4.69) is 15.6 Å². The summed E-state index contributed by atoms with van der Waals surface area (Å²) in [5, 5.41) is 11.6. The monoisotopic (exact) mass is 260 g/mol. The van der Waals surface area contributed by atoms with Gasteiger partial charge >= 0.3 is 0 Å². The number of aromatic nitrogens is 3. The van der Waals surface area contributed by atoms with Gasteiger partial charge in [0, 0.05) is 18.2 Å². The van der Waals surface area contributed by atoms with Crippen LogP contribution in [0.2, 0.25) is 0 Å². The minimum atomic E-state index is 0.542. The second-order valence-corrected chi connectivity index (χ2v) is 4.50. The summed E-state index contributed by atoms with van der Waals surface area (Å²) in [5.41, 5.74) is 1.80. The van der Waals surface area contributed by atoms with E-state index < -0.39 is 0 Å². The third-order valence-corrected chi connectivity index (χ3v) is 3.12. The molecule has 100 valence electrons. The molecule has 0 amide bonds. The van der Waals surface area contributed by atoms with Crippen LogP contribution in [0.5, 0.6) is 11.5 Å². The Hall–Kier alpha value is -2.08. The summed E-state index contributed by atoms with van der Waals surface area (Å²) < 4.78 is 12.4. The zero-order valence-corrected chi connectivity index (χ0v) is 11.0. The lowest BCUT2D eigenvalue weighted by molar-refractivity contribution is 0.355. The maximum Gasteiger partial charge on any atom is 0.161 e. The zero-order valence-electron chi connectivity index (χ0n) is 11.0. The molecule has 6 heteroatoms. The average molecular weight is 260 g/mol. The summed E-state index contributed by atoms with van der Waals surface area (Å²) in [6, 6.07) is 6.27. The molecule has 1 saturated heterocycles. The van der Waals surface area contributed by atoms with E-state index in [0.717, 1.165) is 24.3 Å². The molecule has 0 radical (unpaired) electrons. The highest BCUT2D eigenvalue weighted by atomic mass is 16.5. The molecule has 0 saturated carbocycles. The molecule has 1 aliphatic heterocycles. The fourth-order valence-corrected chi connectivity index (χ4v) is 1.95. The predicted molar refractivity (Wildman–Crippen MR) is 70.4 cm³/mol. The number of hydrogen-bond acceptors (Lipinski definition) is 5. The van der Waals surface area contributed by atoms with Gasteiger partial charge in [0.1, 0.15) is 5.69 Å². The van der Waals surface area contributed by atoms with Gasteiger partial charge in [-0.3, -0.25) is 4.68 Å². The van der Waals surface area contributed by atoms with Gasteiger partial charge in [0.2, 0.25) is 0 Å². The second kappa shape index (κ2) is 4.89. The molecule has 1 aromatic carbocycles. The predicted octanol–water partition coefficient (Wildman–Crippen LogP) is 0.934. The lowest BCUT2D eigenvalue weighted by Gasteiger charge is -2.07. The number of ether oxygens (including phenoxy) is 2. The van der Waals surface area contributed by atoms with E-state index in [9.17, 15) is 0 Å². The molecular formula is C13H16N4O2. The highest BCUT2D eigenvalue weighted by Gasteiger charge is 2.21. The largest absolute Gasteiger partial charge is 0.493 e. The van der Waals surface area contributed by atoms with Crippen LogP contribution in [0.3, 0.4) is 0 Å². The summed E-state index contributed by atoms with van der Waals surface area (Å²) >= 11 is 0. The molecule has 1 aliphatic rings. The number of hydrogen-bond donors (Lipinski definition) is 1. The van der Waals surface area contributed by atoms with Gasteiger partial charge in [-0.2, -0.15) is 0 Å². The highest BCUT2D eigenvalue weighted by Crippen LogP contribution is 2.31. The molecule has 2 aromatic rings. The molecule has 1 fully saturated rings. The summed E-state index contributed by atoms with van der Waals surface area (Å²) in [7, 11) is 3.24. The summed E-state index contributed by atoms with van der Waals surface area (Å²) in [6.45, 7) is 1.92. The van der Waals surface area contributed by atoms with Crippen LogP contribution < -0.4 is 14.8 Å². The molecule has 1 atom stereocenters. The number of rotatable bonds is 5. The smallest absolute Gasteiger partial charge is 0.161 e. The van der Waals surface area contributed by atoms with Crippen molar-refractivity contribution < 1.29 is 9.47 Å². The van der Waals surface area contributed by atoms with Crippen molar-refractivity contribution in [1.29, 1.82) is 0 Å². The SMILES string of the molecule is COc1ccc(-c2cn(CC3CN3)nn2)cc1OC. The third kappa shape index (κ3) is 2.53. The van der Waals surface area contributed by atoms with Gasteiger partial charge in [0.15, 0.2) is 11.5 Å². The Morgan fingerprint density at radius 3 is 2.79 bits per heavy atom. The van der Waals surface area contributed by atoms with E-state index in [0.29, 0.717) is 17.5 Å². The van der Waals surface area contributed by atoms with Crippen molar-refractivity contribution in [2.45, 2.75) is 12.6 Å². The highest BCUT2D eigenvalue weighted by molar-refractivity contribution is 5.63. The van der Waals surface area contributed by atoms with Crippen LogP contribution in [0.15, 0.2) is 24.4 Å². The Bertz CT molecular complexity index is 578. The molecule has 0 spiro atoms. The molecular weight excluding hydrogens is 244 g/mol. The van der Waals surface area contributed by atoms with Gasteiger partial charge in [-0.25, -0.2) is 0 Å². The first-order chi connectivity index (χ1) is 9.30. The standard InChI is InChI=1S/C13H16N4O2/c1-18-12-4-3-9(5-13(12)19-2)11-8-17(16-15-11)7-10-6-14-10/h3-5,8,10,14H,6-7H2,1-2H3. The van der Waals surface area contributed by atoms with Gasteiger partial charge in [-0.15, -0.1) is 5.10 Å². The zero-order chi connectivity index (χ0) is 13.2. The maximum atomic E-state index is 5.29. The minimum Gasteiger partial charge on any atom is -0.493 e. The lowest BCUT2D eigenvalue weighted by atomic mass is 10.1. The first-order valence-electron chi connectivity index (χ1n) is 6.16. The molecule has 19 heavy (non-hydrogen) atoms. The minimum absolute atomic E-state index is 0.542. The van der Waals surface area contributed by atoms with Crippen LogP contribution in [0.25, 0.3) is 11.3 Å². The van der Waals surface area contributed by atoms with Crippen molar-refractivity contribution >= 4 is 0 Å². The van der Waals surface area contributed by atoms with Crippen LogP contribution in [0.1, 0.15) is 0 Å². The molecule has 1 aromatic heterocycles. The Morgan fingerprint density at radius 1 is 1.32 bits per heavy atom. The Labute approximate surface area is 111 Å². The molecule has 1 unspecified atom stereocenters. The number of benzene rings is 1. The van der Waals surface area contributed by atoms with Crippen LogP contribution >= 0.6 is 0 Å². The van der Waals surface area contributed by atoms with Crippen LogP contribution in [0.4, 0.5) is 0 Å². The summed E-state index contributed by atoms with van der Waals surface area (Å²) in [5.74, 6) is 1.40. The molecule has 2 heterocycles. The first kappa shape index (κ1) is 12.0. The maximum absolute atomic E-state index is 5.29. The van der Waals surface area contributed by atoms with Gasteiger partial charge in [-0.1, -0.05) is 5.21 Å². The fourth-order valence-electron chi connectivity index (χ4n) is 1.95. The fraction of sp³-hybridized carbons (Fsp3) is 0.385. The van der Waals surface area contributed by atoms with E-state index in [4.69, 9.17) is 9.47 Å². The van der Waals surface area contributed by atoms with Crippen molar-refractivity contribution in [3.63, 3.8) is 0 Å². The van der Waals surface area contributed by atoms with Gasteiger partial charge < -0.3 is 14.8 Å². The van der Waals surface area contributed by atoms with Crippen LogP contribution in [-0.2, 0) is 6.54 Å². The topological polar surface area (TPSA) is 71.1 Å². The summed E-state index contributed by atoms with van der Waals surface area (Å²) in [4.78, 5) is 0. The van der Waals surface area contributed by atoms with Crippen molar-refractivity contribution in [2.75, 3.05) is 20.8 Å². The van der Waals surface area contributed by atoms with Crippen LogP contribution in [-0.4, -0.2) is 41.8 Å². The van der Waals surface area contributed by atoms with Crippen molar-refractivity contribution in [2.24, 2.45) is 0 Å². The van der Waals surface area contributed by atoms with Crippen LogP contribution in [0, 0.1) is 0 Å². The molecule has 1 N–H and O–H groups in total. The van der Waals surface area contributed by atoms with Crippen molar-refractivity contribution in [3.8, 4) is 22.8 Å². The molecule has 3 rings (SSSR count). The van der Waals surface area contributed by atoms with E-state index in [1.165, 1.54) is 0 Å². The van der Waals surface area contributed by atoms with Gasteiger partial charge in [0.25, 0.3) is 0 Å². The van der Waals surface area contributed by atoms with E-state index >= 15 is 0 Å². The van der Waals surface area contributed by atoms with Gasteiger partial charge in [-0.05, 0) is 18.2 Å². The Morgan fingerprint density at radius 2 is 2.11 bits per heavy atom. The number of methoxy groups -OCH3 is 2. The normalized spacial score (nSPS) is 17.3. The number of nitrogens with one attached hydrogen (secondary N) is 1.